The van der Waals surface area contributed by atoms with Gasteiger partial charge in [-0.1, -0.05) is 18.2 Å². The van der Waals surface area contributed by atoms with E-state index >= 15 is 0 Å². The highest BCUT2D eigenvalue weighted by Gasteiger charge is 2.11. The first-order valence-electron chi connectivity index (χ1n) is 6.86. The summed E-state index contributed by atoms with van der Waals surface area (Å²) in [6.07, 6.45) is 1.79. The van der Waals surface area contributed by atoms with Crippen molar-refractivity contribution in [3.05, 3.63) is 59.2 Å². The van der Waals surface area contributed by atoms with Crippen LogP contribution in [-0.2, 0) is 6.42 Å². The number of aromatic hydroxyl groups is 1. The van der Waals surface area contributed by atoms with Gasteiger partial charge in [-0.2, -0.15) is 0 Å². The van der Waals surface area contributed by atoms with Gasteiger partial charge in [0.2, 0.25) is 0 Å². The fourth-order valence-electron chi connectivity index (χ4n) is 2.14. The second-order valence-corrected chi connectivity index (χ2v) is 5.27. The van der Waals surface area contributed by atoms with Gasteiger partial charge in [-0.3, -0.25) is 4.79 Å². The van der Waals surface area contributed by atoms with Gasteiger partial charge in [0.25, 0.3) is 5.91 Å². The monoisotopic (exact) mass is 303 g/mol. The summed E-state index contributed by atoms with van der Waals surface area (Å²) >= 11 is 5.69. The van der Waals surface area contributed by atoms with Gasteiger partial charge in [-0.15, -0.1) is 11.6 Å². The van der Waals surface area contributed by atoms with Crippen molar-refractivity contribution in [1.29, 1.82) is 0 Å². The van der Waals surface area contributed by atoms with Crippen molar-refractivity contribution in [2.24, 2.45) is 0 Å². The van der Waals surface area contributed by atoms with Crippen LogP contribution in [0.25, 0.3) is 0 Å². The average molecular weight is 304 g/mol. The molecular weight excluding hydrogens is 286 g/mol. The molecule has 0 unspecified atom stereocenters. The molecule has 0 bridgehead atoms. The number of phenolic OH excluding ortho intramolecular Hbond substituents is 1. The highest BCUT2D eigenvalue weighted by molar-refractivity contribution is 6.17. The average Bonchev–Trinajstić information content (AvgIpc) is 2.48. The lowest BCUT2D eigenvalue weighted by atomic mass is 10.1. The fourth-order valence-corrected chi connectivity index (χ4v) is 2.28. The summed E-state index contributed by atoms with van der Waals surface area (Å²) in [5, 5.41) is 12.5. The summed E-state index contributed by atoms with van der Waals surface area (Å²) in [4.78, 5) is 12.3. The Morgan fingerprint density at radius 1 is 1.24 bits per heavy atom. The maximum Gasteiger partial charge on any atom is 0.256 e. The zero-order valence-corrected chi connectivity index (χ0v) is 12.7. The third-order valence-electron chi connectivity index (χ3n) is 3.33. The van der Waals surface area contributed by atoms with E-state index in [4.69, 9.17) is 11.6 Å². The van der Waals surface area contributed by atoms with E-state index in [1.165, 1.54) is 0 Å². The van der Waals surface area contributed by atoms with E-state index in [0.717, 1.165) is 24.1 Å². The Hall–Kier alpha value is -2.00. The summed E-state index contributed by atoms with van der Waals surface area (Å²) in [5.74, 6) is 0.524. The van der Waals surface area contributed by atoms with Crippen molar-refractivity contribution in [1.82, 2.24) is 0 Å². The smallest absolute Gasteiger partial charge is 0.256 e. The molecule has 2 aromatic carbocycles. The SMILES string of the molecule is Cc1c(O)cccc1C(=O)Nc1cccc(CCCCl)c1. The Balaban J connectivity index is 2.14. The van der Waals surface area contributed by atoms with Gasteiger partial charge in [-0.25, -0.2) is 0 Å². The largest absolute Gasteiger partial charge is 0.508 e. The van der Waals surface area contributed by atoms with E-state index < -0.39 is 0 Å². The van der Waals surface area contributed by atoms with Crippen LogP contribution in [0.3, 0.4) is 0 Å². The van der Waals surface area contributed by atoms with E-state index in [1.54, 1.807) is 25.1 Å². The van der Waals surface area contributed by atoms with Gasteiger partial charge in [0, 0.05) is 22.7 Å². The van der Waals surface area contributed by atoms with Crippen LogP contribution in [0.5, 0.6) is 5.75 Å². The van der Waals surface area contributed by atoms with Crippen LogP contribution in [0.2, 0.25) is 0 Å². The molecule has 0 heterocycles. The molecule has 2 aromatic rings. The maximum absolute atomic E-state index is 12.3. The van der Waals surface area contributed by atoms with Crippen molar-refractivity contribution in [3.63, 3.8) is 0 Å². The molecular formula is C17H18ClNO2. The molecule has 0 radical (unpaired) electrons. The standard InChI is InChI=1S/C17H18ClNO2/c1-12-15(8-3-9-16(12)20)17(21)19-14-7-2-5-13(11-14)6-4-10-18/h2-3,5,7-9,11,20H,4,6,10H2,1H3,(H,19,21). The quantitative estimate of drug-likeness (QED) is 0.816. The molecule has 0 saturated heterocycles. The molecule has 4 heteroatoms. The number of rotatable bonds is 5. The van der Waals surface area contributed by atoms with Gasteiger partial charge in [0.15, 0.2) is 0 Å². The second kappa shape index (κ2) is 7.14. The molecule has 110 valence electrons. The number of halogens is 1. The second-order valence-electron chi connectivity index (χ2n) is 4.90. The Kier molecular flexibility index (Phi) is 5.23. The maximum atomic E-state index is 12.3. The molecule has 0 aliphatic heterocycles. The highest BCUT2D eigenvalue weighted by atomic mass is 35.5. The molecule has 2 rings (SSSR count). The van der Waals surface area contributed by atoms with Crippen LogP contribution in [0, 0.1) is 6.92 Å². The molecule has 0 saturated carbocycles. The minimum absolute atomic E-state index is 0.124. The highest BCUT2D eigenvalue weighted by Crippen LogP contribution is 2.21. The molecule has 1 amide bonds. The number of alkyl halides is 1. The number of anilines is 1. The Bertz CT molecular complexity index is 640. The first kappa shape index (κ1) is 15.4. The van der Waals surface area contributed by atoms with E-state index in [2.05, 4.69) is 5.32 Å². The molecule has 3 nitrogen and oxygen atoms in total. The summed E-state index contributed by atoms with van der Waals surface area (Å²) in [7, 11) is 0. The van der Waals surface area contributed by atoms with Crippen molar-refractivity contribution < 1.29 is 9.90 Å². The summed E-state index contributed by atoms with van der Waals surface area (Å²) in [6.45, 7) is 1.72. The lowest BCUT2D eigenvalue weighted by Crippen LogP contribution is -2.13. The van der Waals surface area contributed by atoms with Crippen LogP contribution in [0.1, 0.15) is 27.9 Å². The number of carbonyl (C=O) groups excluding carboxylic acids is 1. The molecule has 0 fully saturated rings. The third kappa shape index (κ3) is 3.99. The molecule has 2 N–H and O–H groups in total. The number of aryl methyl sites for hydroxylation is 1. The first-order chi connectivity index (χ1) is 10.1. The Labute approximate surface area is 129 Å². The number of phenols is 1. The zero-order chi connectivity index (χ0) is 15.2. The topological polar surface area (TPSA) is 49.3 Å². The molecule has 0 spiro atoms. The summed E-state index contributed by atoms with van der Waals surface area (Å²) in [5.41, 5.74) is 2.94. The molecule has 21 heavy (non-hydrogen) atoms. The number of nitrogens with one attached hydrogen (secondary N) is 1. The molecule has 0 atom stereocenters. The first-order valence-corrected chi connectivity index (χ1v) is 7.40. The lowest BCUT2D eigenvalue weighted by Gasteiger charge is -2.10. The van der Waals surface area contributed by atoms with Gasteiger partial charge < -0.3 is 10.4 Å². The zero-order valence-electron chi connectivity index (χ0n) is 11.9. The normalized spacial score (nSPS) is 10.4. The van der Waals surface area contributed by atoms with Crippen molar-refractivity contribution in [3.8, 4) is 5.75 Å². The number of benzene rings is 2. The van der Waals surface area contributed by atoms with E-state index in [1.807, 2.05) is 24.3 Å². The number of hydrogen-bond acceptors (Lipinski definition) is 2. The Morgan fingerprint density at radius 3 is 2.76 bits per heavy atom. The van der Waals surface area contributed by atoms with Crippen LogP contribution < -0.4 is 5.32 Å². The van der Waals surface area contributed by atoms with Crippen LogP contribution in [-0.4, -0.2) is 16.9 Å². The van der Waals surface area contributed by atoms with E-state index in [0.29, 0.717) is 17.0 Å². The minimum atomic E-state index is -0.224. The van der Waals surface area contributed by atoms with Crippen LogP contribution in [0.4, 0.5) is 5.69 Å². The van der Waals surface area contributed by atoms with Crippen molar-refractivity contribution in [2.45, 2.75) is 19.8 Å². The van der Waals surface area contributed by atoms with Gasteiger partial charge in [0.1, 0.15) is 5.75 Å². The number of hydrogen-bond donors (Lipinski definition) is 2. The molecule has 0 aromatic heterocycles. The van der Waals surface area contributed by atoms with E-state index in [-0.39, 0.29) is 11.7 Å². The predicted octanol–water partition coefficient (Wildman–Crippen LogP) is 4.12. The number of carbonyl (C=O) groups is 1. The predicted molar refractivity (Wildman–Crippen MR) is 86.3 cm³/mol. The number of amides is 1. The van der Waals surface area contributed by atoms with Gasteiger partial charge in [-0.05, 0) is 49.6 Å². The van der Waals surface area contributed by atoms with Crippen molar-refractivity contribution in [2.75, 3.05) is 11.2 Å². The third-order valence-corrected chi connectivity index (χ3v) is 3.60. The Morgan fingerprint density at radius 2 is 2.00 bits per heavy atom. The summed E-state index contributed by atoms with van der Waals surface area (Å²) in [6, 6.07) is 12.6. The molecule has 0 aliphatic carbocycles. The van der Waals surface area contributed by atoms with Gasteiger partial charge >= 0.3 is 0 Å². The van der Waals surface area contributed by atoms with Crippen LogP contribution in [0.15, 0.2) is 42.5 Å². The minimum Gasteiger partial charge on any atom is -0.508 e. The van der Waals surface area contributed by atoms with E-state index in [9.17, 15) is 9.90 Å². The fraction of sp³-hybridized carbons (Fsp3) is 0.235. The van der Waals surface area contributed by atoms with Crippen LogP contribution >= 0.6 is 11.6 Å². The van der Waals surface area contributed by atoms with Gasteiger partial charge in [0.05, 0.1) is 0 Å². The summed E-state index contributed by atoms with van der Waals surface area (Å²) < 4.78 is 0. The van der Waals surface area contributed by atoms with Crippen molar-refractivity contribution >= 4 is 23.2 Å². The molecule has 0 aliphatic rings. The lowest BCUT2D eigenvalue weighted by molar-refractivity contribution is 0.102.